The predicted octanol–water partition coefficient (Wildman–Crippen LogP) is 3.28. The molecule has 84 valence electrons. The first-order valence-electron chi connectivity index (χ1n) is 4.59. The molecular formula is C11H9BrClNO2. The summed E-state index contributed by atoms with van der Waals surface area (Å²) < 4.78 is 4.84. The van der Waals surface area contributed by atoms with Gasteiger partial charge in [-0.3, -0.25) is 0 Å². The molecule has 0 unspecified atom stereocenters. The molecule has 3 nitrogen and oxygen atoms in total. The lowest BCUT2D eigenvalue weighted by molar-refractivity contribution is 0.0526. The van der Waals surface area contributed by atoms with Crippen LogP contribution in [-0.4, -0.2) is 12.6 Å². The summed E-state index contributed by atoms with van der Waals surface area (Å²) in [4.78, 5) is 11.6. The van der Waals surface area contributed by atoms with Crippen molar-refractivity contribution in [2.75, 3.05) is 6.61 Å². The van der Waals surface area contributed by atoms with Gasteiger partial charge in [-0.1, -0.05) is 27.5 Å². The number of nitrogens with zero attached hydrogens (tertiary/aromatic N) is 1. The standard InChI is InChI=1S/C11H9BrClNO2/c1-2-16-11(15)10-8(6-14)3-7(5-12)4-9(10)13/h3-4H,2,5H2,1H3. The van der Waals surface area contributed by atoms with Crippen LogP contribution in [0.5, 0.6) is 0 Å². The third-order valence-electron chi connectivity index (χ3n) is 1.90. The maximum absolute atomic E-state index is 11.6. The first-order chi connectivity index (χ1) is 7.63. The second-order valence-electron chi connectivity index (χ2n) is 2.97. The molecule has 0 N–H and O–H groups in total. The van der Waals surface area contributed by atoms with Crippen LogP contribution in [0, 0.1) is 11.3 Å². The fourth-order valence-electron chi connectivity index (χ4n) is 1.24. The molecule has 0 atom stereocenters. The number of ether oxygens (including phenoxy) is 1. The van der Waals surface area contributed by atoms with Crippen LogP contribution in [0.3, 0.4) is 0 Å². The number of hydrogen-bond acceptors (Lipinski definition) is 3. The van der Waals surface area contributed by atoms with Crippen LogP contribution in [0.4, 0.5) is 0 Å². The first kappa shape index (κ1) is 13.0. The molecule has 0 spiro atoms. The SMILES string of the molecule is CCOC(=O)c1c(Cl)cc(CBr)cc1C#N. The number of rotatable bonds is 3. The van der Waals surface area contributed by atoms with Crippen molar-refractivity contribution in [3.05, 3.63) is 33.8 Å². The summed E-state index contributed by atoms with van der Waals surface area (Å²) in [5, 5.41) is 9.76. The number of hydrogen-bond donors (Lipinski definition) is 0. The molecule has 1 rings (SSSR count). The third kappa shape index (κ3) is 2.75. The Bertz CT molecular complexity index is 454. The van der Waals surface area contributed by atoms with Gasteiger partial charge in [0.2, 0.25) is 0 Å². The van der Waals surface area contributed by atoms with E-state index in [-0.39, 0.29) is 22.8 Å². The summed E-state index contributed by atoms with van der Waals surface area (Å²) >= 11 is 9.21. The molecule has 0 fully saturated rings. The quantitative estimate of drug-likeness (QED) is 0.636. The van der Waals surface area contributed by atoms with E-state index >= 15 is 0 Å². The van der Waals surface area contributed by atoms with Gasteiger partial charge in [0.05, 0.1) is 22.8 Å². The minimum absolute atomic E-state index is 0.135. The van der Waals surface area contributed by atoms with Crippen LogP contribution in [0.2, 0.25) is 5.02 Å². The van der Waals surface area contributed by atoms with Crippen molar-refractivity contribution in [1.29, 1.82) is 5.26 Å². The van der Waals surface area contributed by atoms with Crippen LogP contribution in [0.25, 0.3) is 0 Å². The summed E-state index contributed by atoms with van der Waals surface area (Å²) in [6.07, 6.45) is 0. The second-order valence-corrected chi connectivity index (χ2v) is 3.93. The van der Waals surface area contributed by atoms with E-state index in [2.05, 4.69) is 15.9 Å². The third-order valence-corrected chi connectivity index (χ3v) is 2.85. The highest BCUT2D eigenvalue weighted by atomic mass is 79.9. The molecule has 0 amide bonds. The highest BCUT2D eigenvalue weighted by Gasteiger charge is 2.17. The summed E-state index contributed by atoms with van der Waals surface area (Å²) in [5.74, 6) is -0.565. The topological polar surface area (TPSA) is 50.1 Å². The van der Waals surface area contributed by atoms with Crippen LogP contribution in [0.15, 0.2) is 12.1 Å². The van der Waals surface area contributed by atoms with Gasteiger partial charge in [0, 0.05) is 5.33 Å². The van der Waals surface area contributed by atoms with Gasteiger partial charge in [0.25, 0.3) is 0 Å². The molecule has 0 radical (unpaired) electrons. The molecule has 1 aromatic rings. The number of carbonyl (C=O) groups is 1. The monoisotopic (exact) mass is 301 g/mol. The Hall–Kier alpha value is -1.05. The maximum atomic E-state index is 11.6. The van der Waals surface area contributed by atoms with Gasteiger partial charge in [0.15, 0.2) is 0 Å². The van der Waals surface area contributed by atoms with Crippen LogP contribution >= 0.6 is 27.5 Å². The van der Waals surface area contributed by atoms with E-state index in [0.717, 1.165) is 5.56 Å². The second kappa shape index (κ2) is 5.88. The average Bonchev–Trinajstić information content (AvgIpc) is 2.27. The van der Waals surface area contributed by atoms with Crippen molar-refractivity contribution in [3.8, 4) is 6.07 Å². The number of halogens is 2. The Morgan fingerprint density at radius 3 is 2.81 bits per heavy atom. The van der Waals surface area contributed by atoms with E-state index in [4.69, 9.17) is 21.6 Å². The van der Waals surface area contributed by atoms with Crippen LogP contribution in [-0.2, 0) is 10.1 Å². The zero-order valence-corrected chi connectivity index (χ0v) is 10.9. The van der Waals surface area contributed by atoms with E-state index in [9.17, 15) is 4.79 Å². The Balaban J connectivity index is 3.28. The molecular weight excluding hydrogens is 293 g/mol. The van der Waals surface area contributed by atoms with Crippen molar-refractivity contribution in [3.63, 3.8) is 0 Å². The molecule has 0 aliphatic rings. The molecule has 0 saturated heterocycles. The van der Waals surface area contributed by atoms with Gasteiger partial charge < -0.3 is 4.74 Å². The minimum atomic E-state index is -0.565. The highest BCUT2D eigenvalue weighted by Crippen LogP contribution is 2.24. The lowest BCUT2D eigenvalue weighted by atomic mass is 10.1. The number of alkyl halides is 1. The largest absolute Gasteiger partial charge is 0.462 e. The molecule has 0 heterocycles. The van der Waals surface area contributed by atoms with Crippen LogP contribution < -0.4 is 0 Å². The maximum Gasteiger partial charge on any atom is 0.340 e. The fourth-order valence-corrected chi connectivity index (χ4v) is 1.88. The van der Waals surface area contributed by atoms with Crippen molar-refractivity contribution >= 4 is 33.5 Å². The summed E-state index contributed by atoms with van der Waals surface area (Å²) in [6, 6.07) is 5.20. The Kier molecular flexibility index (Phi) is 4.78. The summed E-state index contributed by atoms with van der Waals surface area (Å²) in [7, 11) is 0. The molecule has 0 aromatic heterocycles. The van der Waals surface area contributed by atoms with E-state index in [1.807, 2.05) is 6.07 Å². The Morgan fingerprint density at radius 2 is 2.31 bits per heavy atom. The molecule has 0 bridgehead atoms. The lowest BCUT2D eigenvalue weighted by Crippen LogP contribution is -2.08. The van der Waals surface area contributed by atoms with E-state index in [0.29, 0.717) is 5.33 Å². The summed E-state index contributed by atoms with van der Waals surface area (Å²) in [5.41, 5.74) is 1.21. The molecule has 0 aliphatic heterocycles. The molecule has 0 aliphatic carbocycles. The Morgan fingerprint density at radius 1 is 1.62 bits per heavy atom. The molecule has 16 heavy (non-hydrogen) atoms. The van der Waals surface area contributed by atoms with Gasteiger partial charge >= 0.3 is 5.97 Å². The minimum Gasteiger partial charge on any atom is -0.462 e. The number of nitriles is 1. The average molecular weight is 303 g/mol. The summed E-state index contributed by atoms with van der Waals surface area (Å²) in [6.45, 7) is 1.95. The van der Waals surface area contributed by atoms with Crippen molar-refractivity contribution in [2.24, 2.45) is 0 Å². The first-order valence-corrected chi connectivity index (χ1v) is 6.09. The zero-order valence-electron chi connectivity index (χ0n) is 8.59. The van der Waals surface area contributed by atoms with Gasteiger partial charge in [-0.25, -0.2) is 4.79 Å². The molecule has 0 saturated carbocycles. The number of esters is 1. The van der Waals surface area contributed by atoms with Crippen molar-refractivity contribution < 1.29 is 9.53 Å². The fraction of sp³-hybridized carbons (Fsp3) is 0.273. The predicted molar refractivity (Wildman–Crippen MR) is 64.8 cm³/mol. The van der Waals surface area contributed by atoms with Gasteiger partial charge in [-0.05, 0) is 24.6 Å². The smallest absolute Gasteiger partial charge is 0.340 e. The number of benzene rings is 1. The van der Waals surface area contributed by atoms with Crippen molar-refractivity contribution in [2.45, 2.75) is 12.3 Å². The van der Waals surface area contributed by atoms with Crippen molar-refractivity contribution in [1.82, 2.24) is 0 Å². The molecule has 1 aromatic carbocycles. The Labute approximate surface area is 107 Å². The van der Waals surface area contributed by atoms with Crippen LogP contribution in [0.1, 0.15) is 28.4 Å². The zero-order chi connectivity index (χ0) is 12.1. The van der Waals surface area contributed by atoms with E-state index in [1.165, 1.54) is 0 Å². The van der Waals surface area contributed by atoms with Gasteiger partial charge in [-0.2, -0.15) is 5.26 Å². The van der Waals surface area contributed by atoms with Gasteiger partial charge in [0.1, 0.15) is 6.07 Å². The van der Waals surface area contributed by atoms with E-state index < -0.39 is 5.97 Å². The normalized spacial score (nSPS) is 9.62. The number of carbonyl (C=O) groups excluding carboxylic acids is 1. The van der Waals surface area contributed by atoms with E-state index in [1.54, 1.807) is 19.1 Å². The van der Waals surface area contributed by atoms with Gasteiger partial charge in [-0.15, -0.1) is 0 Å². The highest BCUT2D eigenvalue weighted by molar-refractivity contribution is 9.08. The molecule has 5 heteroatoms. The lowest BCUT2D eigenvalue weighted by Gasteiger charge is -2.07.